The molecule has 0 radical (unpaired) electrons. The summed E-state index contributed by atoms with van der Waals surface area (Å²) in [7, 11) is 0. The summed E-state index contributed by atoms with van der Waals surface area (Å²) in [5, 5.41) is 8.20. The van der Waals surface area contributed by atoms with Gasteiger partial charge in [-0.15, -0.1) is 5.10 Å². The average molecular weight is 392 g/mol. The zero-order valence-corrected chi connectivity index (χ0v) is 15.6. The molecule has 2 fully saturated rings. The number of hydrogen-bond acceptors (Lipinski definition) is 3. The lowest BCUT2D eigenvalue weighted by molar-refractivity contribution is -0.137. The summed E-state index contributed by atoms with van der Waals surface area (Å²) in [6.07, 6.45) is 2.70. The van der Waals surface area contributed by atoms with Gasteiger partial charge in [-0.3, -0.25) is 4.79 Å². The second-order valence-electron chi connectivity index (χ2n) is 7.62. The summed E-state index contributed by atoms with van der Waals surface area (Å²) < 4.78 is 40.7. The molecule has 1 amide bonds. The first-order valence-corrected chi connectivity index (χ1v) is 9.87. The molecule has 1 aliphatic carbocycles. The number of amides is 1. The van der Waals surface area contributed by atoms with Crippen molar-refractivity contribution in [2.24, 2.45) is 0 Å². The predicted molar refractivity (Wildman–Crippen MR) is 97.3 cm³/mol. The molecule has 5 nitrogen and oxygen atoms in total. The summed E-state index contributed by atoms with van der Waals surface area (Å²) >= 11 is 0. The van der Waals surface area contributed by atoms with E-state index in [0.717, 1.165) is 50.7 Å². The van der Waals surface area contributed by atoms with E-state index in [-0.39, 0.29) is 17.5 Å². The van der Waals surface area contributed by atoms with Gasteiger partial charge in [0.05, 0.1) is 16.9 Å². The van der Waals surface area contributed by atoms with Crippen LogP contribution in [0.2, 0.25) is 0 Å². The Morgan fingerprint density at radius 1 is 1.04 bits per heavy atom. The minimum Gasteiger partial charge on any atom is -0.337 e. The van der Waals surface area contributed by atoms with Crippen LogP contribution in [0.3, 0.4) is 0 Å². The maximum atomic E-state index is 13.1. The van der Waals surface area contributed by atoms with Crippen LogP contribution in [0.5, 0.6) is 0 Å². The van der Waals surface area contributed by atoms with E-state index in [4.69, 9.17) is 0 Å². The van der Waals surface area contributed by atoms with E-state index in [9.17, 15) is 18.0 Å². The highest BCUT2D eigenvalue weighted by Crippen LogP contribution is 2.42. The maximum absolute atomic E-state index is 13.1. The van der Waals surface area contributed by atoms with Crippen molar-refractivity contribution in [3.8, 4) is 5.69 Å². The molecule has 28 heavy (non-hydrogen) atoms. The molecule has 0 bridgehead atoms. The van der Waals surface area contributed by atoms with Crippen molar-refractivity contribution in [2.75, 3.05) is 13.1 Å². The highest BCUT2D eigenvalue weighted by Gasteiger charge is 2.36. The molecule has 0 N–H and O–H groups in total. The van der Waals surface area contributed by atoms with E-state index >= 15 is 0 Å². The summed E-state index contributed by atoms with van der Waals surface area (Å²) in [5.74, 6) is -0.0275. The van der Waals surface area contributed by atoms with Gasteiger partial charge >= 0.3 is 6.18 Å². The van der Waals surface area contributed by atoms with Crippen LogP contribution < -0.4 is 0 Å². The molecule has 2 heterocycles. The Kier molecular flexibility index (Phi) is 5.12. The maximum Gasteiger partial charge on any atom is 0.416 e. The molecule has 2 aliphatic rings. The first-order valence-electron chi connectivity index (χ1n) is 9.87. The van der Waals surface area contributed by atoms with Crippen LogP contribution in [0.4, 0.5) is 13.2 Å². The van der Waals surface area contributed by atoms with Gasteiger partial charge in [0.15, 0.2) is 5.69 Å². The fraction of sp³-hybridized carbons (Fsp3) is 0.550. The van der Waals surface area contributed by atoms with Crippen LogP contribution >= 0.6 is 0 Å². The molecule has 1 aromatic heterocycles. The molecule has 2 aromatic rings. The molecule has 0 spiro atoms. The zero-order chi connectivity index (χ0) is 19.7. The van der Waals surface area contributed by atoms with Crippen LogP contribution in [0.1, 0.15) is 72.6 Å². The van der Waals surface area contributed by atoms with E-state index in [2.05, 4.69) is 10.3 Å². The van der Waals surface area contributed by atoms with Crippen LogP contribution in [-0.2, 0) is 6.18 Å². The van der Waals surface area contributed by atoms with Crippen LogP contribution in [-0.4, -0.2) is 38.9 Å². The minimum absolute atomic E-state index is 0.123. The van der Waals surface area contributed by atoms with Crippen molar-refractivity contribution in [2.45, 2.75) is 57.0 Å². The highest BCUT2D eigenvalue weighted by molar-refractivity contribution is 5.93. The molecule has 8 heteroatoms. The molecule has 150 valence electrons. The quantitative estimate of drug-likeness (QED) is 0.769. The monoisotopic (exact) mass is 392 g/mol. The first-order chi connectivity index (χ1) is 13.4. The number of alkyl halides is 3. The van der Waals surface area contributed by atoms with Crippen LogP contribution in [0, 0.1) is 0 Å². The van der Waals surface area contributed by atoms with Crippen molar-refractivity contribution in [1.82, 2.24) is 19.9 Å². The second kappa shape index (κ2) is 7.56. The summed E-state index contributed by atoms with van der Waals surface area (Å²) in [4.78, 5) is 14.9. The molecule has 1 saturated carbocycles. The van der Waals surface area contributed by atoms with Crippen molar-refractivity contribution < 1.29 is 18.0 Å². The van der Waals surface area contributed by atoms with Crippen LogP contribution in [0.15, 0.2) is 24.3 Å². The Morgan fingerprint density at radius 2 is 1.71 bits per heavy atom. The van der Waals surface area contributed by atoms with E-state index < -0.39 is 11.7 Å². The zero-order valence-electron chi connectivity index (χ0n) is 15.6. The van der Waals surface area contributed by atoms with Gasteiger partial charge in [0.2, 0.25) is 0 Å². The minimum atomic E-state index is -4.43. The summed E-state index contributed by atoms with van der Waals surface area (Å²) in [6.45, 7) is 1.39. The Morgan fingerprint density at radius 3 is 2.36 bits per heavy atom. The predicted octanol–water partition coefficient (Wildman–Crippen LogP) is 4.57. The Balaban J connectivity index is 1.68. The van der Waals surface area contributed by atoms with E-state index in [1.54, 1.807) is 6.07 Å². The number of benzene rings is 1. The van der Waals surface area contributed by atoms with Gasteiger partial charge in [0.1, 0.15) is 0 Å². The normalized spacial score (nSPS) is 18.6. The molecular weight excluding hydrogens is 369 g/mol. The van der Waals surface area contributed by atoms with Gasteiger partial charge in [0.25, 0.3) is 5.91 Å². The molecule has 4 rings (SSSR count). The van der Waals surface area contributed by atoms with Gasteiger partial charge < -0.3 is 4.90 Å². The molecule has 1 aromatic carbocycles. The van der Waals surface area contributed by atoms with Gasteiger partial charge in [-0.25, -0.2) is 4.68 Å². The molecule has 1 aliphatic heterocycles. The summed E-state index contributed by atoms with van der Waals surface area (Å²) in [5.41, 5.74) is 0.488. The lowest BCUT2D eigenvalue weighted by atomic mass is 10.1. The van der Waals surface area contributed by atoms with Crippen molar-refractivity contribution in [1.29, 1.82) is 0 Å². The van der Waals surface area contributed by atoms with Crippen molar-refractivity contribution in [3.63, 3.8) is 0 Å². The number of rotatable bonds is 3. The average Bonchev–Trinajstić information content (AvgIpc) is 3.38. The number of nitrogens with zero attached hydrogens (tertiary/aromatic N) is 4. The number of carbonyl (C=O) groups is 1. The third-order valence-electron chi connectivity index (χ3n) is 5.43. The largest absolute Gasteiger partial charge is 0.416 e. The fourth-order valence-electron chi connectivity index (χ4n) is 3.77. The number of hydrogen-bond donors (Lipinski definition) is 0. The number of likely N-dealkylation sites (tertiary alicyclic amines) is 1. The topological polar surface area (TPSA) is 51.0 Å². The highest BCUT2D eigenvalue weighted by atomic mass is 19.4. The Hall–Kier alpha value is -2.38. The van der Waals surface area contributed by atoms with Gasteiger partial charge in [-0.2, -0.15) is 13.2 Å². The second-order valence-corrected chi connectivity index (χ2v) is 7.62. The van der Waals surface area contributed by atoms with Crippen molar-refractivity contribution >= 4 is 5.91 Å². The van der Waals surface area contributed by atoms with E-state index in [1.165, 1.54) is 17.2 Å². The molecule has 0 unspecified atom stereocenters. The van der Waals surface area contributed by atoms with Crippen molar-refractivity contribution in [3.05, 3.63) is 41.2 Å². The SMILES string of the molecule is O=C(c1nnn(-c2cccc(C(F)(F)F)c2)c1C1CC1)N1CCCCCCC1. The van der Waals surface area contributed by atoms with Gasteiger partial charge in [0, 0.05) is 19.0 Å². The standard InChI is InChI=1S/C20H23F3N4O/c21-20(22,23)15-7-6-8-16(13-15)27-18(14-9-10-14)17(24-25-27)19(28)26-11-4-2-1-3-5-12-26/h6-8,13-14H,1-5,9-12H2. The summed E-state index contributed by atoms with van der Waals surface area (Å²) in [6, 6.07) is 5.02. The Labute approximate surface area is 161 Å². The molecule has 1 saturated heterocycles. The number of halogens is 3. The van der Waals surface area contributed by atoms with Crippen LogP contribution in [0.25, 0.3) is 5.69 Å². The Bertz CT molecular complexity index is 849. The molecular formula is C20H23F3N4O. The third kappa shape index (κ3) is 3.91. The third-order valence-corrected chi connectivity index (χ3v) is 5.43. The first kappa shape index (κ1) is 19.0. The van der Waals surface area contributed by atoms with E-state index in [1.807, 2.05) is 4.90 Å². The lowest BCUT2D eigenvalue weighted by Crippen LogP contribution is -2.34. The molecule has 0 atom stereocenters. The fourth-order valence-corrected chi connectivity index (χ4v) is 3.77. The van der Waals surface area contributed by atoms with E-state index in [0.29, 0.717) is 24.5 Å². The lowest BCUT2D eigenvalue weighted by Gasteiger charge is -2.24. The van der Waals surface area contributed by atoms with Gasteiger partial charge in [-0.1, -0.05) is 30.5 Å². The van der Waals surface area contributed by atoms with Gasteiger partial charge in [-0.05, 0) is 43.9 Å². The smallest absolute Gasteiger partial charge is 0.337 e. The number of carbonyl (C=O) groups excluding carboxylic acids is 1. The number of aromatic nitrogens is 3.